The van der Waals surface area contributed by atoms with E-state index in [1.54, 1.807) is 0 Å². The van der Waals surface area contributed by atoms with Gasteiger partial charge in [-0.15, -0.1) is 0 Å². The van der Waals surface area contributed by atoms with Gasteiger partial charge in [-0.3, -0.25) is 4.79 Å². The topological polar surface area (TPSA) is 49.6 Å². The van der Waals surface area contributed by atoms with Gasteiger partial charge < -0.3 is 15.5 Å². The van der Waals surface area contributed by atoms with Gasteiger partial charge in [-0.05, 0) is 32.4 Å². The highest BCUT2D eigenvalue weighted by Crippen LogP contribution is 2.15. The maximum Gasteiger partial charge on any atom is 0.240 e. The fourth-order valence-corrected chi connectivity index (χ4v) is 2.36. The Labute approximate surface area is 105 Å². The van der Waals surface area contributed by atoms with Crippen LogP contribution < -0.4 is 5.73 Å². The van der Waals surface area contributed by atoms with Crippen molar-refractivity contribution in [3.8, 4) is 0 Å². The third-order valence-corrected chi connectivity index (χ3v) is 3.66. The fourth-order valence-electron chi connectivity index (χ4n) is 2.36. The molecule has 4 nitrogen and oxygen atoms in total. The highest BCUT2D eigenvalue weighted by Gasteiger charge is 2.30. The van der Waals surface area contributed by atoms with Gasteiger partial charge in [-0.2, -0.15) is 0 Å². The van der Waals surface area contributed by atoms with E-state index < -0.39 is 0 Å². The first-order valence-electron chi connectivity index (χ1n) is 6.72. The van der Waals surface area contributed by atoms with Gasteiger partial charge in [0.15, 0.2) is 0 Å². The number of rotatable bonds is 3. The third kappa shape index (κ3) is 3.68. The molecule has 100 valence electrons. The summed E-state index contributed by atoms with van der Waals surface area (Å²) in [5, 5.41) is 0. The Balaban J connectivity index is 2.74. The molecule has 0 radical (unpaired) electrons. The standard InChI is InChI=1S/C13H27N3O/c1-5-11-9-15(4)7-6-8-16(11)13(17)12(14)10(2)3/h10-12H,5-9,14H2,1-4H3. The zero-order valence-corrected chi connectivity index (χ0v) is 11.6. The molecule has 0 aromatic heterocycles. The van der Waals surface area contributed by atoms with Crippen LogP contribution in [-0.2, 0) is 4.79 Å². The molecule has 1 saturated heterocycles. The van der Waals surface area contributed by atoms with Crippen LogP contribution >= 0.6 is 0 Å². The summed E-state index contributed by atoms with van der Waals surface area (Å²) < 4.78 is 0. The fraction of sp³-hybridized carbons (Fsp3) is 0.923. The van der Waals surface area contributed by atoms with Crippen molar-refractivity contribution in [2.75, 3.05) is 26.7 Å². The molecule has 0 aliphatic carbocycles. The molecule has 1 fully saturated rings. The van der Waals surface area contributed by atoms with E-state index in [0.717, 1.165) is 32.5 Å². The molecule has 1 aliphatic heterocycles. The van der Waals surface area contributed by atoms with Gasteiger partial charge in [0.25, 0.3) is 0 Å². The molecule has 0 aromatic carbocycles. The largest absolute Gasteiger partial charge is 0.337 e. The molecule has 1 aliphatic rings. The maximum atomic E-state index is 12.4. The molecule has 0 aromatic rings. The van der Waals surface area contributed by atoms with Crippen molar-refractivity contribution >= 4 is 5.91 Å². The molecule has 1 heterocycles. The molecule has 2 unspecified atom stereocenters. The second kappa shape index (κ2) is 6.36. The smallest absolute Gasteiger partial charge is 0.240 e. The van der Waals surface area contributed by atoms with Gasteiger partial charge in [0.05, 0.1) is 6.04 Å². The van der Waals surface area contributed by atoms with Gasteiger partial charge >= 0.3 is 0 Å². The molecule has 17 heavy (non-hydrogen) atoms. The molecule has 0 bridgehead atoms. The first-order chi connectivity index (χ1) is 7.97. The van der Waals surface area contributed by atoms with E-state index >= 15 is 0 Å². The van der Waals surface area contributed by atoms with Crippen LogP contribution in [0.5, 0.6) is 0 Å². The molecule has 0 spiro atoms. The summed E-state index contributed by atoms with van der Waals surface area (Å²) in [4.78, 5) is 16.7. The number of amides is 1. The van der Waals surface area contributed by atoms with Crippen LogP contribution in [0.25, 0.3) is 0 Å². The number of carbonyl (C=O) groups excluding carboxylic acids is 1. The summed E-state index contributed by atoms with van der Waals surface area (Å²) in [6.45, 7) is 9.04. The Morgan fingerprint density at radius 3 is 2.59 bits per heavy atom. The lowest BCUT2D eigenvalue weighted by Crippen LogP contribution is -2.52. The summed E-state index contributed by atoms with van der Waals surface area (Å²) in [5.41, 5.74) is 5.99. The molecule has 1 amide bonds. The van der Waals surface area contributed by atoms with Crippen molar-refractivity contribution < 1.29 is 4.79 Å². The van der Waals surface area contributed by atoms with E-state index in [4.69, 9.17) is 5.73 Å². The number of hydrogen-bond acceptors (Lipinski definition) is 3. The average molecular weight is 241 g/mol. The molecule has 2 atom stereocenters. The van der Waals surface area contributed by atoms with Crippen LogP contribution in [0, 0.1) is 5.92 Å². The summed E-state index contributed by atoms with van der Waals surface area (Å²) in [6.07, 6.45) is 2.05. The zero-order valence-electron chi connectivity index (χ0n) is 11.6. The monoisotopic (exact) mass is 241 g/mol. The molecular formula is C13H27N3O. The number of nitrogens with zero attached hydrogens (tertiary/aromatic N) is 2. The van der Waals surface area contributed by atoms with E-state index in [1.165, 1.54) is 0 Å². The summed E-state index contributed by atoms with van der Waals surface area (Å²) >= 11 is 0. The SMILES string of the molecule is CCC1CN(C)CCCN1C(=O)C(N)C(C)C. The molecular weight excluding hydrogens is 214 g/mol. The van der Waals surface area contributed by atoms with Crippen LogP contribution in [0.15, 0.2) is 0 Å². The van der Waals surface area contributed by atoms with E-state index in [-0.39, 0.29) is 17.9 Å². The van der Waals surface area contributed by atoms with Gasteiger partial charge in [0.1, 0.15) is 0 Å². The lowest BCUT2D eigenvalue weighted by Gasteiger charge is -2.33. The van der Waals surface area contributed by atoms with Crippen molar-refractivity contribution in [3.63, 3.8) is 0 Å². The summed E-state index contributed by atoms with van der Waals surface area (Å²) in [6, 6.07) is -0.0349. The van der Waals surface area contributed by atoms with Crippen LogP contribution in [0.1, 0.15) is 33.6 Å². The van der Waals surface area contributed by atoms with E-state index in [0.29, 0.717) is 6.04 Å². The first-order valence-corrected chi connectivity index (χ1v) is 6.72. The Morgan fingerprint density at radius 1 is 1.41 bits per heavy atom. The predicted octanol–water partition coefficient (Wildman–Crippen LogP) is 0.912. The molecule has 1 rings (SSSR count). The Kier molecular flexibility index (Phi) is 5.40. The Hall–Kier alpha value is -0.610. The second-order valence-corrected chi connectivity index (χ2v) is 5.48. The van der Waals surface area contributed by atoms with Crippen LogP contribution in [0.3, 0.4) is 0 Å². The Bertz CT molecular complexity index is 255. The minimum absolute atomic E-state index is 0.127. The van der Waals surface area contributed by atoms with Crippen molar-refractivity contribution in [1.82, 2.24) is 9.80 Å². The van der Waals surface area contributed by atoms with Crippen LogP contribution in [0.2, 0.25) is 0 Å². The maximum absolute atomic E-state index is 12.4. The van der Waals surface area contributed by atoms with Gasteiger partial charge in [0, 0.05) is 19.1 Å². The second-order valence-electron chi connectivity index (χ2n) is 5.48. The van der Waals surface area contributed by atoms with Crippen LogP contribution in [0.4, 0.5) is 0 Å². The third-order valence-electron chi connectivity index (χ3n) is 3.66. The molecule has 0 saturated carbocycles. The van der Waals surface area contributed by atoms with Gasteiger partial charge in [0.2, 0.25) is 5.91 Å². The lowest BCUT2D eigenvalue weighted by atomic mass is 10.0. The van der Waals surface area contributed by atoms with Crippen molar-refractivity contribution in [1.29, 1.82) is 0 Å². The van der Waals surface area contributed by atoms with Crippen molar-refractivity contribution in [2.45, 2.75) is 45.7 Å². The molecule has 4 heteroatoms. The van der Waals surface area contributed by atoms with E-state index in [1.807, 2.05) is 18.7 Å². The minimum atomic E-state index is -0.354. The Morgan fingerprint density at radius 2 is 2.06 bits per heavy atom. The minimum Gasteiger partial charge on any atom is -0.337 e. The lowest BCUT2D eigenvalue weighted by molar-refractivity contribution is -0.135. The summed E-state index contributed by atoms with van der Waals surface area (Å²) in [5.74, 6) is 0.336. The van der Waals surface area contributed by atoms with E-state index in [2.05, 4.69) is 18.9 Å². The highest BCUT2D eigenvalue weighted by atomic mass is 16.2. The quantitative estimate of drug-likeness (QED) is 0.799. The normalized spacial score (nSPS) is 24.8. The van der Waals surface area contributed by atoms with Gasteiger partial charge in [-0.25, -0.2) is 0 Å². The van der Waals surface area contributed by atoms with Crippen LogP contribution in [-0.4, -0.2) is 54.5 Å². The zero-order chi connectivity index (χ0) is 13.0. The number of likely N-dealkylation sites (N-methyl/N-ethyl adjacent to an activating group) is 1. The average Bonchev–Trinajstić information content (AvgIpc) is 2.48. The highest BCUT2D eigenvalue weighted by molar-refractivity contribution is 5.82. The van der Waals surface area contributed by atoms with E-state index in [9.17, 15) is 4.79 Å². The van der Waals surface area contributed by atoms with Crippen molar-refractivity contribution in [3.05, 3.63) is 0 Å². The number of hydrogen-bond donors (Lipinski definition) is 1. The molecule has 2 N–H and O–H groups in total. The van der Waals surface area contributed by atoms with Gasteiger partial charge in [-0.1, -0.05) is 20.8 Å². The van der Waals surface area contributed by atoms with Crippen molar-refractivity contribution in [2.24, 2.45) is 11.7 Å². The predicted molar refractivity (Wildman–Crippen MR) is 70.7 cm³/mol. The number of carbonyl (C=O) groups is 1. The first kappa shape index (κ1) is 14.5. The number of nitrogens with two attached hydrogens (primary N) is 1. The summed E-state index contributed by atoms with van der Waals surface area (Å²) in [7, 11) is 2.12.